The van der Waals surface area contributed by atoms with E-state index in [2.05, 4.69) is 0 Å². The minimum Gasteiger partial charge on any atom is -0.497 e. The minimum absolute atomic E-state index is 0.146. The number of nitrogens with zero attached hydrogens (tertiary/aromatic N) is 1. The van der Waals surface area contributed by atoms with Crippen molar-refractivity contribution < 1.29 is 13.5 Å². The number of hydrogen-bond donors (Lipinski definition) is 0. The van der Waals surface area contributed by atoms with Crippen LogP contribution in [0.3, 0.4) is 0 Å². The van der Waals surface area contributed by atoms with Crippen LogP contribution in [0.25, 0.3) is 11.1 Å². The standard InChI is InChI=1S/C14H9F2NO/c1-18-12-2-3-14(16)13(7-12)10-4-9(8-17)5-11(15)6-10/h2-7H,1H3. The van der Waals surface area contributed by atoms with Crippen LogP contribution in [0.4, 0.5) is 8.78 Å². The molecule has 2 aromatic carbocycles. The average Bonchev–Trinajstić information content (AvgIpc) is 2.38. The summed E-state index contributed by atoms with van der Waals surface area (Å²) in [5, 5.41) is 8.77. The number of halogens is 2. The Morgan fingerprint density at radius 1 is 1.11 bits per heavy atom. The summed E-state index contributed by atoms with van der Waals surface area (Å²) in [6.45, 7) is 0. The van der Waals surface area contributed by atoms with Crippen LogP contribution in [-0.4, -0.2) is 7.11 Å². The van der Waals surface area contributed by atoms with Crippen LogP contribution in [0.2, 0.25) is 0 Å². The van der Waals surface area contributed by atoms with E-state index in [1.54, 1.807) is 0 Å². The van der Waals surface area contributed by atoms with Crippen LogP contribution in [0, 0.1) is 23.0 Å². The van der Waals surface area contributed by atoms with Gasteiger partial charge < -0.3 is 4.74 Å². The molecule has 90 valence electrons. The smallest absolute Gasteiger partial charge is 0.131 e. The summed E-state index contributed by atoms with van der Waals surface area (Å²) >= 11 is 0. The van der Waals surface area contributed by atoms with E-state index in [0.717, 1.165) is 6.07 Å². The molecule has 2 aromatic rings. The Bertz CT molecular complexity index is 632. The molecule has 0 atom stereocenters. The van der Waals surface area contributed by atoms with Crippen molar-refractivity contribution in [2.75, 3.05) is 7.11 Å². The Balaban J connectivity index is 2.61. The van der Waals surface area contributed by atoms with Gasteiger partial charge in [-0.1, -0.05) is 0 Å². The number of rotatable bonds is 2. The maximum atomic E-state index is 13.7. The van der Waals surface area contributed by atoms with Crippen molar-refractivity contribution in [1.29, 1.82) is 5.26 Å². The normalized spacial score (nSPS) is 9.89. The van der Waals surface area contributed by atoms with E-state index < -0.39 is 11.6 Å². The molecule has 0 fully saturated rings. The third-order valence-corrected chi connectivity index (χ3v) is 2.51. The predicted molar refractivity (Wildman–Crippen MR) is 63.1 cm³/mol. The first-order valence-electron chi connectivity index (χ1n) is 5.18. The summed E-state index contributed by atoms with van der Waals surface area (Å²) in [6, 6.07) is 9.72. The third-order valence-electron chi connectivity index (χ3n) is 2.51. The first kappa shape index (κ1) is 12.1. The molecule has 18 heavy (non-hydrogen) atoms. The number of nitriles is 1. The van der Waals surface area contributed by atoms with Crippen molar-refractivity contribution in [2.45, 2.75) is 0 Å². The SMILES string of the molecule is COc1ccc(F)c(-c2cc(F)cc(C#N)c2)c1. The zero-order valence-corrected chi connectivity index (χ0v) is 9.58. The van der Waals surface area contributed by atoms with Gasteiger partial charge >= 0.3 is 0 Å². The van der Waals surface area contributed by atoms with E-state index in [4.69, 9.17) is 10.00 Å². The van der Waals surface area contributed by atoms with Gasteiger partial charge in [-0.15, -0.1) is 0 Å². The maximum absolute atomic E-state index is 13.7. The fourth-order valence-electron chi connectivity index (χ4n) is 1.66. The van der Waals surface area contributed by atoms with Crippen LogP contribution >= 0.6 is 0 Å². The van der Waals surface area contributed by atoms with E-state index in [1.165, 1.54) is 37.4 Å². The molecular weight excluding hydrogens is 236 g/mol. The molecule has 0 spiro atoms. The van der Waals surface area contributed by atoms with Gasteiger partial charge in [0, 0.05) is 5.56 Å². The van der Waals surface area contributed by atoms with Crippen LogP contribution in [0.15, 0.2) is 36.4 Å². The van der Waals surface area contributed by atoms with E-state index in [9.17, 15) is 8.78 Å². The van der Waals surface area contributed by atoms with Gasteiger partial charge in [-0.05, 0) is 42.0 Å². The average molecular weight is 245 g/mol. The summed E-state index contributed by atoms with van der Waals surface area (Å²) in [6.07, 6.45) is 0. The summed E-state index contributed by atoms with van der Waals surface area (Å²) in [4.78, 5) is 0. The van der Waals surface area contributed by atoms with Crippen molar-refractivity contribution in [3.8, 4) is 22.9 Å². The highest BCUT2D eigenvalue weighted by Crippen LogP contribution is 2.28. The lowest BCUT2D eigenvalue weighted by atomic mass is 10.0. The number of methoxy groups -OCH3 is 1. The molecular formula is C14H9F2NO. The highest BCUT2D eigenvalue weighted by molar-refractivity contribution is 5.67. The fraction of sp³-hybridized carbons (Fsp3) is 0.0714. The van der Waals surface area contributed by atoms with E-state index in [0.29, 0.717) is 11.3 Å². The maximum Gasteiger partial charge on any atom is 0.131 e. The zero-order chi connectivity index (χ0) is 13.1. The van der Waals surface area contributed by atoms with Crippen molar-refractivity contribution in [3.05, 3.63) is 53.6 Å². The molecule has 0 saturated heterocycles. The lowest BCUT2D eigenvalue weighted by Gasteiger charge is -2.07. The van der Waals surface area contributed by atoms with Crippen molar-refractivity contribution in [3.63, 3.8) is 0 Å². The molecule has 2 rings (SSSR count). The largest absolute Gasteiger partial charge is 0.497 e. The number of ether oxygens (including phenoxy) is 1. The molecule has 0 aromatic heterocycles. The molecule has 0 unspecified atom stereocenters. The Kier molecular flexibility index (Phi) is 3.24. The highest BCUT2D eigenvalue weighted by Gasteiger charge is 2.09. The molecule has 2 nitrogen and oxygen atoms in total. The van der Waals surface area contributed by atoms with Crippen molar-refractivity contribution in [2.24, 2.45) is 0 Å². The van der Waals surface area contributed by atoms with Gasteiger partial charge in [-0.3, -0.25) is 0 Å². The van der Waals surface area contributed by atoms with Gasteiger partial charge in [0.2, 0.25) is 0 Å². The molecule has 0 aliphatic carbocycles. The van der Waals surface area contributed by atoms with Gasteiger partial charge in [0.1, 0.15) is 17.4 Å². The van der Waals surface area contributed by atoms with Crippen molar-refractivity contribution in [1.82, 2.24) is 0 Å². The molecule has 0 heterocycles. The second-order valence-corrected chi connectivity index (χ2v) is 3.69. The van der Waals surface area contributed by atoms with Crippen LogP contribution in [0.1, 0.15) is 5.56 Å². The van der Waals surface area contributed by atoms with Crippen LogP contribution < -0.4 is 4.74 Å². The lowest BCUT2D eigenvalue weighted by Crippen LogP contribution is -1.90. The first-order chi connectivity index (χ1) is 8.63. The minimum atomic E-state index is -0.578. The molecule has 0 radical (unpaired) electrons. The molecule has 0 aliphatic heterocycles. The summed E-state index contributed by atoms with van der Waals surface area (Å²) in [7, 11) is 1.46. The highest BCUT2D eigenvalue weighted by atomic mass is 19.1. The summed E-state index contributed by atoms with van der Waals surface area (Å²) in [5.41, 5.74) is 0.653. The monoisotopic (exact) mass is 245 g/mol. The van der Waals surface area contributed by atoms with Gasteiger partial charge in [0.25, 0.3) is 0 Å². The number of benzene rings is 2. The first-order valence-corrected chi connectivity index (χ1v) is 5.18. The zero-order valence-electron chi connectivity index (χ0n) is 9.58. The van der Waals surface area contributed by atoms with Crippen LogP contribution in [-0.2, 0) is 0 Å². The third kappa shape index (κ3) is 2.30. The van der Waals surface area contributed by atoms with Crippen LogP contribution in [0.5, 0.6) is 5.75 Å². The Morgan fingerprint density at radius 3 is 2.56 bits per heavy atom. The van der Waals surface area contributed by atoms with E-state index >= 15 is 0 Å². The Morgan fingerprint density at radius 2 is 1.89 bits per heavy atom. The number of hydrogen-bond acceptors (Lipinski definition) is 2. The Hall–Kier alpha value is -2.41. The molecule has 0 saturated carbocycles. The topological polar surface area (TPSA) is 33.0 Å². The van der Waals surface area contributed by atoms with Gasteiger partial charge in [0.05, 0.1) is 18.7 Å². The Labute approximate surface area is 103 Å². The fourth-order valence-corrected chi connectivity index (χ4v) is 1.66. The second-order valence-electron chi connectivity index (χ2n) is 3.69. The quantitative estimate of drug-likeness (QED) is 0.811. The van der Waals surface area contributed by atoms with Gasteiger partial charge in [-0.2, -0.15) is 5.26 Å². The molecule has 0 N–H and O–H groups in total. The second kappa shape index (κ2) is 4.84. The molecule has 0 aliphatic rings. The molecule has 0 bridgehead atoms. The lowest BCUT2D eigenvalue weighted by molar-refractivity contribution is 0.414. The molecule has 4 heteroatoms. The molecule has 0 amide bonds. The summed E-state index contributed by atoms with van der Waals surface area (Å²) < 4.78 is 32.0. The van der Waals surface area contributed by atoms with Gasteiger partial charge in [0.15, 0.2) is 0 Å². The van der Waals surface area contributed by atoms with E-state index in [1.807, 2.05) is 6.07 Å². The van der Waals surface area contributed by atoms with Crippen molar-refractivity contribution >= 4 is 0 Å². The predicted octanol–water partition coefficient (Wildman–Crippen LogP) is 3.51. The summed E-state index contributed by atoms with van der Waals surface area (Å²) in [5.74, 6) is -0.606. The van der Waals surface area contributed by atoms with E-state index in [-0.39, 0.29) is 11.1 Å². The van der Waals surface area contributed by atoms with Gasteiger partial charge in [-0.25, -0.2) is 8.78 Å².